The van der Waals surface area contributed by atoms with Crippen LogP contribution in [-0.2, 0) is 4.79 Å². The van der Waals surface area contributed by atoms with E-state index in [1.54, 1.807) is 13.8 Å². The van der Waals surface area contributed by atoms with Crippen LogP contribution in [-0.4, -0.2) is 16.2 Å². The molecule has 0 aliphatic carbocycles. The van der Waals surface area contributed by atoms with Crippen molar-refractivity contribution in [1.82, 2.24) is 0 Å². The van der Waals surface area contributed by atoms with Gasteiger partial charge in [0, 0.05) is 11.6 Å². The molecule has 2 N–H and O–H groups in total. The van der Waals surface area contributed by atoms with Gasteiger partial charge in [0.1, 0.15) is 5.82 Å². The number of aromatic hydroxyl groups is 1. The maximum absolute atomic E-state index is 13.0. The van der Waals surface area contributed by atoms with E-state index in [9.17, 15) is 18.7 Å². The van der Waals surface area contributed by atoms with Crippen LogP contribution in [0.1, 0.15) is 25.3 Å². The number of halogens is 2. The van der Waals surface area contributed by atoms with Gasteiger partial charge in [-0.1, -0.05) is 13.8 Å². The van der Waals surface area contributed by atoms with Crippen LogP contribution in [0.2, 0.25) is 0 Å². The molecular weight excluding hydrogens is 218 g/mol. The quantitative estimate of drug-likeness (QED) is 0.838. The SMILES string of the molecule is CC(C)C(C(=O)O)c1cc(F)cc(F)c1O. The van der Waals surface area contributed by atoms with Crippen LogP contribution >= 0.6 is 0 Å². The second-order valence-corrected chi connectivity index (χ2v) is 3.89. The summed E-state index contributed by atoms with van der Waals surface area (Å²) < 4.78 is 26.0. The Balaban J connectivity index is 3.34. The Morgan fingerprint density at radius 1 is 1.31 bits per heavy atom. The Morgan fingerprint density at radius 3 is 2.31 bits per heavy atom. The fourth-order valence-electron chi connectivity index (χ4n) is 1.60. The van der Waals surface area contributed by atoms with Crippen molar-refractivity contribution in [3.8, 4) is 5.75 Å². The highest BCUT2D eigenvalue weighted by atomic mass is 19.1. The van der Waals surface area contributed by atoms with E-state index >= 15 is 0 Å². The standard InChI is InChI=1S/C11H12F2O3/c1-5(2)9(11(15)16)7-3-6(12)4-8(13)10(7)14/h3-5,9,14H,1-2H3,(H,15,16). The molecule has 5 heteroatoms. The molecule has 0 heterocycles. The van der Waals surface area contributed by atoms with E-state index in [0.29, 0.717) is 6.07 Å². The van der Waals surface area contributed by atoms with E-state index in [1.807, 2.05) is 0 Å². The fraction of sp³-hybridized carbons (Fsp3) is 0.364. The zero-order valence-electron chi connectivity index (χ0n) is 8.87. The predicted molar refractivity (Wildman–Crippen MR) is 53.2 cm³/mol. The second kappa shape index (κ2) is 4.47. The highest BCUT2D eigenvalue weighted by molar-refractivity contribution is 5.77. The first kappa shape index (κ1) is 12.4. The summed E-state index contributed by atoms with van der Waals surface area (Å²) in [6.07, 6.45) is 0. The minimum absolute atomic E-state index is 0.236. The molecule has 1 rings (SSSR count). The summed E-state index contributed by atoms with van der Waals surface area (Å²) >= 11 is 0. The van der Waals surface area contributed by atoms with Gasteiger partial charge in [-0.15, -0.1) is 0 Å². The first-order chi connectivity index (χ1) is 7.34. The molecule has 3 nitrogen and oxygen atoms in total. The Kier molecular flexibility index (Phi) is 3.47. The second-order valence-electron chi connectivity index (χ2n) is 3.89. The van der Waals surface area contributed by atoms with Gasteiger partial charge in [0.2, 0.25) is 0 Å². The van der Waals surface area contributed by atoms with Crippen molar-refractivity contribution in [2.75, 3.05) is 0 Å². The maximum atomic E-state index is 13.0. The third kappa shape index (κ3) is 2.29. The van der Waals surface area contributed by atoms with Gasteiger partial charge in [-0.25, -0.2) is 8.78 Å². The van der Waals surface area contributed by atoms with Crippen molar-refractivity contribution in [3.63, 3.8) is 0 Å². The van der Waals surface area contributed by atoms with Gasteiger partial charge in [-0.05, 0) is 12.0 Å². The molecule has 88 valence electrons. The molecule has 0 radical (unpaired) electrons. The number of phenolic OH excluding ortho intramolecular Hbond substituents is 1. The lowest BCUT2D eigenvalue weighted by atomic mass is 9.88. The van der Waals surface area contributed by atoms with Gasteiger partial charge >= 0.3 is 5.97 Å². The van der Waals surface area contributed by atoms with Crippen LogP contribution in [0.25, 0.3) is 0 Å². The smallest absolute Gasteiger partial charge is 0.311 e. The molecule has 0 spiro atoms. The van der Waals surface area contributed by atoms with Gasteiger partial charge in [0.15, 0.2) is 11.6 Å². The number of rotatable bonds is 3. The number of hydrogen-bond donors (Lipinski definition) is 2. The maximum Gasteiger partial charge on any atom is 0.311 e. The molecule has 1 aromatic carbocycles. The number of carboxylic acid groups (broad SMARTS) is 1. The van der Waals surface area contributed by atoms with Gasteiger partial charge < -0.3 is 10.2 Å². The van der Waals surface area contributed by atoms with Gasteiger partial charge in [-0.3, -0.25) is 4.79 Å². The van der Waals surface area contributed by atoms with E-state index in [2.05, 4.69) is 0 Å². The van der Waals surface area contributed by atoms with Gasteiger partial charge in [0.05, 0.1) is 5.92 Å². The van der Waals surface area contributed by atoms with Crippen molar-refractivity contribution in [1.29, 1.82) is 0 Å². The topological polar surface area (TPSA) is 57.5 Å². The van der Waals surface area contributed by atoms with Crippen molar-refractivity contribution in [2.45, 2.75) is 19.8 Å². The molecule has 0 bridgehead atoms. The van der Waals surface area contributed by atoms with Crippen LogP contribution in [0.3, 0.4) is 0 Å². The molecule has 16 heavy (non-hydrogen) atoms. The third-order valence-corrected chi connectivity index (χ3v) is 2.33. The molecule has 0 fully saturated rings. The molecule has 1 atom stereocenters. The molecule has 0 aliphatic rings. The number of carbonyl (C=O) groups is 1. The molecule has 0 aliphatic heterocycles. The molecule has 1 unspecified atom stereocenters. The molecule has 0 amide bonds. The predicted octanol–water partition coefficient (Wildman–Crippen LogP) is 2.49. The molecule has 0 saturated heterocycles. The summed E-state index contributed by atoms with van der Waals surface area (Å²) in [6.45, 7) is 3.20. The van der Waals surface area contributed by atoms with Crippen LogP contribution in [0.15, 0.2) is 12.1 Å². The van der Waals surface area contributed by atoms with Crippen LogP contribution in [0.5, 0.6) is 5.75 Å². The lowest BCUT2D eigenvalue weighted by molar-refractivity contribution is -0.139. The Labute approximate surface area is 91.3 Å². The van der Waals surface area contributed by atoms with Crippen LogP contribution in [0, 0.1) is 17.6 Å². The fourth-order valence-corrected chi connectivity index (χ4v) is 1.60. The summed E-state index contributed by atoms with van der Waals surface area (Å²) in [4.78, 5) is 11.0. The molecule has 0 saturated carbocycles. The van der Waals surface area contributed by atoms with Crippen molar-refractivity contribution >= 4 is 5.97 Å². The van der Waals surface area contributed by atoms with E-state index in [4.69, 9.17) is 5.11 Å². The Hall–Kier alpha value is -1.65. The number of aliphatic carboxylic acids is 1. The zero-order chi connectivity index (χ0) is 12.5. The van der Waals surface area contributed by atoms with Crippen LogP contribution < -0.4 is 0 Å². The average Bonchev–Trinajstić information content (AvgIpc) is 2.12. The minimum atomic E-state index is -1.23. The lowest BCUT2D eigenvalue weighted by Crippen LogP contribution is -2.18. The largest absolute Gasteiger partial charge is 0.505 e. The number of phenols is 1. The summed E-state index contributed by atoms with van der Waals surface area (Å²) in [5.74, 6) is -5.60. The van der Waals surface area contributed by atoms with E-state index in [1.165, 1.54) is 0 Å². The highest BCUT2D eigenvalue weighted by Gasteiger charge is 2.28. The first-order valence-corrected chi connectivity index (χ1v) is 4.75. The third-order valence-electron chi connectivity index (χ3n) is 2.33. The highest BCUT2D eigenvalue weighted by Crippen LogP contribution is 2.34. The van der Waals surface area contributed by atoms with Crippen LogP contribution in [0.4, 0.5) is 8.78 Å². The molecular formula is C11H12F2O3. The molecule has 1 aromatic rings. The summed E-state index contributed by atoms with van der Waals surface area (Å²) in [7, 11) is 0. The lowest BCUT2D eigenvalue weighted by Gasteiger charge is -2.18. The normalized spacial score (nSPS) is 12.8. The van der Waals surface area contributed by atoms with Crippen molar-refractivity contribution in [2.24, 2.45) is 5.92 Å². The summed E-state index contributed by atoms with van der Waals surface area (Å²) in [5, 5.41) is 18.3. The van der Waals surface area contributed by atoms with Gasteiger partial charge in [-0.2, -0.15) is 0 Å². The minimum Gasteiger partial charge on any atom is -0.505 e. The monoisotopic (exact) mass is 230 g/mol. The van der Waals surface area contributed by atoms with E-state index in [-0.39, 0.29) is 11.5 Å². The number of hydrogen-bond acceptors (Lipinski definition) is 2. The van der Waals surface area contributed by atoms with Crippen molar-refractivity contribution < 1.29 is 23.8 Å². The molecule has 0 aromatic heterocycles. The Morgan fingerprint density at radius 2 is 1.88 bits per heavy atom. The van der Waals surface area contributed by atoms with E-state index in [0.717, 1.165) is 6.07 Å². The first-order valence-electron chi connectivity index (χ1n) is 4.75. The van der Waals surface area contributed by atoms with E-state index < -0.39 is 29.3 Å². The Bertz CT molecular complexity index is 416. The number of benzene rings is 1. The van der Waals surface area contributed by atoms with Gasteiger partial charge in [0.25, 0.3) is 0 Å². The zero-order valence-corrected chi connectivity index (χ0v) is 8.87. The number of carboxylic acids is 1. The summed E-state index contributed by atoms with van der Waals surface area (Å²) in [5.41, 5.74) is -0.236. The van der Waals surface area contributed by atoms with Crippen molar-refractivity contribution in [3.05, 3.63) is 29.3 Å². The average molecular weight is 230 g/mol. The summed E-state index contributed by atoms with van der Waals surface area (Å²) in [6, 6.07) is 1.36.